The van der Waals surface area contributed by atoms with Crippen molar-refractivity contribution in [1.29, 1.82) is 0 Å². The third-order valence-corrected chi connectivity index (χ3v) is 4.89. The zero-order valence-corrected chi connectivity index (χ0v) is 13.7. The quantitative estimate of drug-likeness (QED) is 0.544. The Kier molecular flexibility index (Phi) is 3.21. The molecule has 0 radical (unpaired) electrons. The van der Waals surface area contributed by atoms with Crippen LogP contribution in [-0.4, -0.2) is 26.3 Å². The molecule has 1 aliphatic rings. The number of benzene rings is 2. The number of furan rings is 1. The first-order valence-electron chi connectivity index (χ1n) is 7.69. The minimum atomic E-state index is -0.320. The number of halogens is 1. The highest BCUT2D eigenvalue weighted by atomic mass is 32.2. The first-order valence-corrected chi connectivity index (χ1v) is 8.67. The number of para-hydroxylation sites is 1. The molecule has 0 fully saturated rings. The summed E-state index contributed by atoms with van der Waals surface area (Å²) in [6.07, 6.45) is 0. The van der Waals surface area contributed by atoms with Gasteiger partial charge in [0.2, 0.25) is 5.16 Å². The van der Waals surface area contributed by atoms with Gasteiger partial charge < -0.3 is 4.42 Å². The van der Waals surface area contributed by atoms with Crippen molar-refractivity contribution in [2.75, 3.05) is 5.75 Å². The molecule has 7 heteroatoms. The molecule has 0 amide bonds. The van der Waals surface area contributed by atoms with Crippen LogP contribution in [0.5, 0.6) is 0 Å². The highest BCUT2D eigenvalue weighted by Gasteiger charge is 2.22. The van der Waals surface area contributed by atoms with Crippen molar-refractivity contribution in [1.82, 2.24) is 14.9 Å². The van der Waals surface area contributed by atoms with Crippen LogP contribution in [0, 0.1) is 5.82 Å². The highest BCUT2D eigenvalue weighted by molar-refractivity contribution is 7.99. The number of nitrogens with zero attached hydrogens (tertiary/aromatic N) is 4. The maximum Gasteiger partial charge on any atom is 0.212 e. The SMILES string of the molecule is Fc1cccc(-c2nnc3n2N=C(c2cc4ccccc4o2)CS3)c1. The van der Waals surface area contributed by atoms with Crippen LogP contribution in [-0.2, 0) is 0 Å². The Hall–Kier alpha value is -2.93. The topological polar surface area (TPSA) is 56.2 Å². The number of thioether (sulfide) groups is 1. The fourth-order valence-electron chi connectivity index (χ4n) is 2.78. The second-order valence-corrected chi connectivity index (χ2v) is 6.55. The molecule has 2 aromatic carbocycles. The Bertz CT molecular complexity index is 1100. The van der Waals surface area contributed by atoms with E-state index in [1.807, 2.05) is 30.3 Å². The molecule has 5 rings (SSSR count). The van der Waals surface area contributed by atoms with Gasteiger partial charge in [-0.15, -0.1) is 10.2 Å². The largest absolute Gasteiger partial charge is 0.455 e. The number of hydrogen-bond acceptors (Lipinski definition) is 5. The van der Waals surface area contributed by atoms with Crippen LogP contribution in [0.3, 0.4) is 0 Å². The first-order chi connectivity index (χ1) is 12.3. The van der Waals surface area contributed by atoms with Gasteiger partial charge in [0.05, 0.1) is 0 Å². The van der Waals surface area contributed by atoms with Crippen LogP contribution in [0.25, 0.3) is 22.4 Å². The molecule has 4 aromatic rings. The van der Waals surface area contributed by atoms with Crippen LogP contribution in [0.2, 0.25) is 0 Å². The van der Waals surface area contributed by atoms with Gasteiger partial charge in [-0.2, -0.15) is 9.78 Å². The van der Waals surface area contributed by atoms with Crippen LogP contribution in [0.15, 0.2) is 69.3 Å². The lowest BCUT2D eigenvalue weighted by atomic mass is 10.2. The van der Waals surface area contributed by atoms with E-state index in [0.29, 0.717) is 22.3 Å². The van der Waals surface area contributed by atoms with Crippen molar-refractivity contribution < 1.29 is 8.81 Å². The van der Waals surface area contributed by atoms with E-state index in [-0.39, 0.29) is 5.82 Å². The van der Waals surface area contributed by atoms with Gasteiger partial charge in [0.25, 0.3) is 0 Å². The first kappa shape index (κ1) is 14.4. The summed E-state index contributed by atoms with van der Waals surface area (Å²) in [4.78, 5) is 0. The Morgan fingerprint density at radius 2 is 1.96 bits per heavy atom. The smallest absolute Gasteiger partial charge is 0.212 e. The summed E-state index contributed by atoms with van der Waals surface area (Å²) in [5.41, 5.74) is 2.25. The summed E-state index contributed by atoms with van der Waals surface area (Å²) in [5.74, 6) is 1.55. The van der Waals surface area contributed by atoms with Crippen LogP contribution in [0.1, 0.15) is 5.76 Å². The van der Waals surface area contributed by atoms with E-state index in [0.717, 1.165) is 22.4 Å². The Labute approximate surface area is 146 Å². The third-order valence-electron chi connectivity index (χ3n) is 3.96. The molecule has 0 saturated heterocycles. The van der Waals surface area contributed by atoms with Crippen molar-refractivity contribution in [2.24, 2.45) is 5.10 Å². The molecular weight excluding hydrogens is 339 g/mol. The molecule has 0 spiro atoms. The normalized spacial score (nSPS) is 13.7. The Morgan fingerprint density at radius 3 is 2.84 bits per heavy atom. The lowest BCUT2D eigenvalue weighted by Crippen LogP contribution is -2.13. The number of aromatic nitrogens is 3. The molecule has 0 bridgehead atoms. The summed E-state index contributed by atoms with van der Waals surface area (Å²) >= 11 is 1.53. The van der Waals surface area contributed by atoms with Crippen LogP contribution in [0.4, 0.5) is 4.39 Å². The predicted molar refractivity (Wildman–Crippen MR) is 94.3 cm³/mol. The summed E-state index contributed by atoms with van der Waals surface area (Å²) in [5, 5.41) is 14.7. The summed E-state index contributed by atoms with van der Waals surface area (Å²) in [7, 11) is 0. The lowest BCUT2D eigenvalue weighted by molar-refractivity contribution is 0.601. The van der Waals surface area contributed by atoms with Gasteiger partial charge in [-0.05, 0) is 24.3 Å². The molecule has 1 aliphatic heterocycles. The molecule has 0 unspecified atom stereocenters. The lowest BCUT2D eigenvalue weighted by Gasteiger charge is -2.12. The summed E-state index contributed by atoms with van der Waals surface area (Å²) in [6.45, 7) is 0. The zero-order chi connectivity index (χ0) is 16.8. The average molecular weight is 350 g/mol. The van der Waals surface area contributed by atoms with Gasteiger partial charge in [-0.3, -0.25) is 0 Å². The zero-order valence-electron chi connectivity index (χ0n) is 12.9. The molecule has 0 atom stereocenters. The number of fused-ring (bicyclic) bond motifs is 2. The summed E-state index contributed by atoms with van der Waals surface area (Å²) in [6, 6.07) is 16.1. The van der Waals surface area contributed by atoms with E-state index in [2.05, 4.69) is 15.3 Å². The van der Waals surface area contributed by atoms with Crippen molar-refractivity contribution in [3.05, 3.63) is 66.2 Å². The summed E-state index contributed by atoms with van der Waals surface area (Å²) < 4.78 is 21.1. The van der Waals surface area contributed by atoms with Crippen molar-refractivity contribution in [3.63, 3.8) is 0 Å². The second kappa shape index (κ2) is 5.56. The van der Waals surface area contributed by atoms with Gasteiger partial charge >= 0.3 is 0 Å². The molecule has 0 aliphatic carbocycles. The molecule has 25 heavy (non-hydrogen) atoms. The van der Waals surface area contributed by atoms with Gasteiger partial charge in [0.1, 0.15) is 17.1 Å². The van der Waals surface area contributed by atoms with Gasteiger partial charge in [-0.1, -0.05) is 42.1 Å². The fourth-order valence-corrected chi connectivity index (χ4v) is 3.59. The molecule has 5 nitrogen and oxygen atoms in total. The van der Waals surface area contributed by atoms with Crippen LogP contribution < -0.4 is 0 Å². The van der Waals surface area contributed by atoms with E-state index in [1.165, 1.54) is 23.9 Å². The molecular formula is C18H11FN4OS. The minimum Gasteiger partial charge on any atom is -0.455 e. The molecule has 0 saturated carbocycles. The van der Waals surface area contributed by atoms with E-state index in [9.17, 15) is 4.39 Å². The van der Waals surface area contributed by atoms with E-state index in [4.69, 9.17) is 4.42 Å². The maximum absolute atomic E-state index is 13.5. The van der Waals surface area contributed by atoms with Crippen molar-refractivity contribution >= 4 is 28.4 Å². The number of hydrogen-bond donors (Lipinski definition) is 0. The monoisotopic (exact) mass is 350 g/mol. The van der Waals surface area contributed by atoms with Crippen molar-refractivity contribution in [2.45, 2.75) is 5.16 Å². The second-order valence-electron chi connectivity index (χ2n) is 5.61. The highest BCUT2D eigenvalue weighted by Crippen LogP contribution is 2.30. The van der Waals surface area contributed by atoms with Gasteiger partial charge in [-0.25, -0.2) is 4.39 Å². The number of rotatable bonds is 2. The molecule has 122 valence electrons. The van der Waals surface area contributed by atoms with E-state index < -0.39 is 0 Å². The Balaban J connectivity index is 1.62. The fraction of sp³-hybridized carbons (Fsp3) is 0.0556. The molecule has 2 aromatic heterocycles. The van der Waals surface area contributed by atoms with Gasteiger partial charge in [0.15, 0.2) is 11.6 Å². The van der Waals surface area contributed by atoms with E-state index in [1.54, 1.807) is 16.8 Å². The standard InChI is InChI=1S/C18H11FN4OS/c19-13-6-3-5-12(8-13)17-20-21-18-23(17)22-14(10-25-18)16-9-11-4-1-2-7-15(11)24-16/h1-9H,10H2. The minimum absolute atomic E-state index is 0.320. The van der Waals surface area contributed by atoms with Crippen LogP contribution >= 0.6 is 11.8 Å². The Morgan fingerprint density at radius 1 is 1.04 bits per heavy atom. The molecule has 3 heterocycles. The molecule has 0 N–H and O–H groups in total. The van der Waals surface area contributed by atoms with Crippen molar-refractivity contribution in [3.8, 4) is 11.4 Å². The van der Waals surface area contributed by atoms with Gasteiger partial charge in [0, 0.05) is 16.7 Å². The van der Waals surface area contributed by atoms with E-state index >= 15 is 0 Å². The maximum atomic E-state index is 13.5. The third kappa shape index (κ3) is 2.44. The average Bonchev–Trinajstić information content (AvgIpc) is 3.25. The predicted octanol–water partition coefficient (Wildman–Crippen LogP) is 4.19.